The van der Waals surface area contributed by atoms with E-state index in [2.05, 4.69) is 10.3 Å². The van der Waals surface area contributed by atoms with Crippen LogP contribution in [0.1, 0.15) is 24.3 Å². The summed E-state index contributed by atoms with van der Waals surface area (Å²) in [6.45, 7) is 2.58. The molecule has 5 heteroatoms. The highest BCUT2D eigenvalue weighted by molar-refractivity contribution is 5.85. The van der Waals surface area contributed by atoms with Gasteiger partial charge in [0, 0.05) is 22.8 Å². The normalized spacial score (nSPS) is 12.0. The number of anilines is 1. The second-order valence-corrected chi connectivity index (χ2v) is 6.13. The van der Waals surface area contributed by atoms with Gasteiger partial charge < -0.3 is 19.6 Å². The number of fused-ring (bicyclic) bond motifs is 1. The maximum absolute atomic E-state index is 10.8. The first-order chi connectivity index (χ1) is 13.3. The Bertz CT molecular complexity index is 1030. The molecule has 2 heterocycles. The average Bonchev–Trinajstić information content (AvgIpc) is 3.23. The third kappa shape index (κ3) is 3.44. The van der Waals surface area contributed by atoms with E-state index in [0.29, 0.717) is 23.4 Å². The second-order valence-electron chi connectivity index (χ2n) is 6.13. The standard InChI is InChI=1S/C22H20N2O3/c1-2-26-17-10-8-16(9-11-17)24-21(19-6-4-14-27-19)18-12-7-15-5-3-13-23-20(15)22(18)25/h3-14,21,24-25H,2H2,1H3. The van der Waals surface area contributed by atoms with E-state index in [9.17, 15) is 5.11 Å². The molecule has 0 saturated carbocycles. The van der Waals surface area contributed by atoms with Crippen LogP contribution in [0.3, 0.4) is 0 Å². The van der Waals surface area contributed by atoms with Crippen molar-refractivity contribution in [1.29, 1.82) is 0 Å². The molecule has 0 radical (unpaired) electrons. The lowest BCUT2D eigenvalue weighted by molar-refractivity contribution is 0.340. The zero-order valence-corrected chi connectivity index (χ0v) is 14.9. The fraction of sp³-hybridized carbons (Fsp3) is 0.136. The van der Waals surface area contributed by atoms with E-state index in [1.54, 1.807) is 12.5 Å². The van der Waals surface area contributed by atoms with Gasteiger partial charge in [-0.15, -0.1) is 0 Å². The Morgan fingerprint density at radius 2 is 1.93 bits per heavy atom. The summed E-state index contributed by atoms with van der Waals surface area (Å²) in [6.07, 6.45) is 3.30. The maximum Gasteiger partial charge on any atom is 0.147 e. The van der Waals surface area contributed by atoms with Gasteiger partial charge in [-0.05, 0) is 49.4 Å². The predicted molar refractivity (Wildman–Crippen MR) is 105 cm³/mol. The van der Waals surface area contributed by atoms with E-state index in [1.165, 1.54) is 0 Å². The highest BCUT2D eigenvalue weighted by atomic mass is 16.5. The Morgan fingerprint density at radius 1 is 1.07 bits per heavy atom. The molecule has 27 heavy (non-hydrogen) atoms. The lowest BCUT2D eigenvalue weighted by Gasteiger charge is -2.20. The summed E-state index contributed by atoms with van der Waals surface area (Å²) < 4.78 is 11.1. The minimum atomic E-state index is -0.357. The molecule has 2 aromatic heterocycles. The van der Waals surface area contributed by atoms with Gasteiger partial charge in [-0.3, -0.25) is 4.98 Å². The number of ether oxygens (including phenoxy) is 1. The summed E-state index contributed by atoms with van der Waals surface area (Å²) in [5.41, 5.74) is 2.16. The van der Waals surface area contributed by atoms with E-state index in [-0.39, 0.29) is 11.8 Å². The monoisotopic (exact) mass is 360 g/mol. The third-order valence-corrected chi connectivity index (χ3v) is 4.39. The molecule has 2 aromatic carbocycles. The number of furan rings is 1. The van der Waals surface area contributed by atoms with E-state index in [1.807, 2.05) is 67.6 Å². The fourth-order valence-electron chi connectivity index (χ4n) is 3.12. The minimum absolute atomic E-state index is 0.146. The summed E-state index contributed by atoms with van der Waals surface area (Å²) in [5.74, 6) is 1.66. The number of aromatic hydroxyl groups is 1. The molecule has 1 atom stereocenters. The molecule has 5 nitrogen and oxygen atoms in total. The molecular formula is C22H20N2O3. The van der Waals surface area contributed by atoms with Gasteiger partial charge in [-0.2, -0.15) is 0 Å². The Labute approximate surface area is 157 Å². The molecule has 0 bridgehead atoms. The molecule has 0 aliphatic rings. The number of nitrogens with zero attached hydrogens (tertiary/aromatic N) is 1. The fourth-order valence-corrected chi connectivity index (χ4v) is 3.12. The van der Waals surface area contributed by atoms with Gasteiger partial charge in [0.2, 0.25) is 0 Å². The van der Waals surface area contributed by atoms with Crippen molar-refractivity contribution < 1.29 is 14.3 Å². The van der Waals surface area contributed by atoms with Crippen LogP contribution in [-0.2, 0) is 0 Å². The van der Waals surface area contributed by atoms with Gasteiger partial charge >= 0.3 is 0 Å². The van der Waals surface area contributed by atoms with Crippen molar-refractivity contribution in [3.63, 3.8) is 0 Å². The van der Waals surface area contributed by atoms with Crippen molar-refractivity contribution in [2.75, 3.05) is 11.9 Å². The average molecular weight is 360 g/mol. The first kappa shape index (κ1) is 17.0. The quantitative estimate of drug-likeness (QED) is 0.499. The van der Waals surface area contributed by atoms with Crippen LogP contribution in [0.15, 0.2) is 77.5 Å². The number of aromatic nitrogens is 1. The molecular weight excluding hydrogens is 340 g/mol. The zero-order valence-electron chi connectivity index (χ0n) is 14.9. The number of hydrogen-bond donors (Lipinski definition) is 2. The van der Waals surface area contributed by atoms with Crippen LogP contribution in [0.5, 0.6) is 11.5 Å². The number of rotatable bonds is 6. The lowest BCUT2D eigenvalue weighted by Crippen LogP contribution is -2.12. The van der Waals surface area contributed by atoms with E-state index in [4.69, 9.17) is 9.15 Å². The van der Waals surface area contributed by atoms with Crippen LogP contribution in [0.4, 0.5) is 5.69 Å². The Kier molecular flexibility index (Phi) is 4.66. The largest absolute Gasteiger partial charge is 0.505 e. The second kappa shape index (κ2) is 7.41. The molecule has 0 spiro atoms. The summed E-state index contributed by atoms with van der Waals surface area (Å²) in [5, 5.41) is 15.2. The van der Waals surface area contributed by atoms with E-state index in [0.717, 1.165) is 16.8 Å². The van der Waals surface area contributed by atoms with Crippen molar-refractivity contribution in [1.82, 2.24) is 4.98 Å². The van der Waals surface area contributed by atoms with Crippen LogP contribution in [0.25, 0.3) is 10.9 Å². The van der Waals surface area contributed by atoms with Gasteiger partial charge in [0.15, 0.2) is 0 Å². The van der Waals surface area contributed by atoms with Crippen LogP contribution in [0, 0.1) is 0 Å². The third-order valence-electron chi connectivity index (χ3n) is 4.39. The number of phenolic OH excluding ortho intramolecular Hbond substituents is 1. The Hall–Kier alpha value is -3.47. The lowest BCUT2D eigenvalue weighted by atomic mass is 10.0. The van der Waals surface area contributed by atoms with Crippen molar-refractivity contribution >= 4 is 16.6 Å². The molecule has 2 N–H and O–H groups in total. The van der Waals surface area contributed by atoms with Crippen molar-refractivity contribution in [2.24, 2.45) is 0 Å². The molecule has 0 saturated heterocycles. The van der Waals surface area contributed by atoms with Crippen LogP contribution < -0.4 is 10.1 Å². The van der Waals surface area contributed by atoms with Crippen molar-refractivity contribution in [3.05, 3.63) is 84.4 Å². The van der Waals surface area contributed by atoms with Crippen molar-refractivity contribution in [3.8, 4) is 11.5 Å². The molecule has 4 aromatic rings. The Morgan fingerprint density at radius 3 is 2.67 bits per heavy atom. The van der Waals surface area contributed by atoms with Gasteiger partial charge in [-0.1, -0.05) is 18.2 Å². The predicted octanol–water partition coefficient (Wildman–Crippen LogP) is 5.13. The highest BCUT2D eigenvalue weighted by Crippen LogP contribution is 2.36. The first-order valence-electron chi connectivity index (χ1n) is 8.85. The van der Waals surface area contributed by atoms with E-state index < -0.39 is 0 Å². The number of hydrogen-bond acceptors (Lipinski definition) is 5. The molecule has 4 rings (SSSR count). The summed E-state index contributed by atoms with van der Waals surface area (Å²) in [6, 6.07) is 18.7. The number of benzene rings is 2. The summed E-state index contributed by atoms with van der Waals surface area (Å²) in [7, 11) is 0. The van der Waals surface area contributed by atoms with Crippen LogP contribution >= 0.6 is 0 Å². The van der Waals surface area contributed by atoms with Crippen molar-refractivity contribution in [2.45, 2.75) is 13.0 Å². The van der Waals surface area contributed by atoms with Crippen LogP contribution in [-0.4, -0.2) is 16.7 Å². The first-order valence-corrected chi connectivity index (χ1v) is 8.85. The molecule has 0 fully saturated rings. The molecule has 1 unspecified atom stereocenters. The SMILES string of the molecule is CCOc1ccc(NC(c2ccco2)c2ccc3cccnc3c2O)cc1. The molecule has 136 valence electrons. The Balaban J connectivity index is 1.73. The number of pyridine rings is 1. The van der Waals surface area contributed by atoms with Crippen LogP contribution in [0.2, 0.25) is 0 Å². The topological polar surface area (TPSA) is 67.5 Å². The molecule has 0 aliphatic carbocycles. The molecule has 0 amide bonds. The minimum Gasteiger partial charge on any atom is -0.505 e. The number of phenols is 1. The van der Waals surface area contributed by atoms with Gasteiger partial charge in [0.05, 0.1) is 12.9 Å². The van der Waals surface area contributed by atoms with Gasteiger partial charge in [0.25, 0.3) is 0 Å². The molecule has 0 aliphatic heterocycles. The maximum atomic E-state index is 10.8. The van der Waals surface area contributed by atoms with E-state index >= 15 is 0 Å². The summed E-state index contributed by atoms with van der Waals surface area (Å²) in [4.78, 5) is 4.32. The highest BCUT2D eigenvalue weighted by Gasteiger charge is 2.22. The smallest absolute Gasteiger partial charge is 0.147 e. The van der Waals surface area contributed by atoms with Gasteiger partial charge in [0.1, 0.15) is 28.8 Å². The number of nitrogens with one attached hydrogen (secondary N) is 1. The van der Waals surface area contributed by atoms with Gasteiger partial charge in [-0.25, -0.2) is 0 Å². The zero-order chi connectivity index (χ0) is 18.6. The summed E-state index contributed by atoms with van der Waals surface area (Å²) >= 11 is 0.